The molecule has 2 aromatic carbocycles. The summed E-state index contributed by atoms with van der Waals surface area (Å²) in [7, 11) is 1.56. The van der Waals surface area contributed by atoms with Crippen LogP contribution in [0.4, 0.5) is 5.82 Å². The van der Waals surface area contributed by atoms with E-state index < -0.39 is 11.8 Å². The lowest BCUT2D eigenvalue weighted by molar-refractivity contribution is -0.115. The molecule has 0 bridgehead atoms. The van der Waals surface area contributed by atoms with Crippen LogP contribution >= 0.6 is 12.2 Å². The van der Waals surface area contributed by atoms with Crippen molar-refractivity contribution in [2.24, 2.45) is 5.73 Å². The Labute approximate surface area is 191 Å². The van der Waals surface area contributed by atoms with E-state index >= 15 is 0 Å². The van der Waals surface area contributed by atoms with Crippen LogP contribution in [-0.2, 0) is 4.79 Å². The van der Waals surface area contributed by atoms with Gasteiger partial charge in [-0.05, 0) is 49.8 Å². The van der Waals surface area contributed by atoms with Crippen molar-refractivity contribution < 1.29 is 14.3 Å². The summed E-state index contributed by atoms with van der Waals surface area (Å²) in [6.45, 7) is 3.91. The molecule has 0 unspecified atom stereocenters. The summed E-state index contributed by atoms with van der Waals surface area (Å²) in [6, 6.07) is 13.1. The van der Waals surface area contributed by atoms with Gasteiger partial charge in [0.15, 0.2) is 5.11 Å². The number of carbonyl (C=O) groups excluding carboxylic acids is 2. The largest absolute Gasteiger partial charge is 0.496 e. The Morgan fingerprint density at radius 2 is 1.94 bits per heavy atom. The van der Waals surface area contributed by atoms with Crippen molar-refractivity contribution in [2.45, 2.75) is 13.8 Å². The van der Waals surface area contributed by atoms with Gasteiger partial charge in [-0.2, -0.15) is 5.10 Å². The Balaban J connectivity index is 1.80. The average molecular weight is 450 g/mol. The maximum absolute atomic E-state index is 12.3. The zero-order valence-corrected chi connectivity index (χ0v) is 18.7. The number of nitrogens with zero attached hydrogens (tertiary/aromatic N) is 2. The number of primary amides is 1. The van der Waals surface area contributed by atoms with Crippen molar-refractivity contribution in [3.05, 3.63) is 77.0 Å². The highest BCUT2D eigenvalue weighted by atomic mass is 32.1. The molecule has 9 heteroatoms. The van der Waals surface area contributed by atoms with Gasteiger partial charge in [-0.15, -0.1) is 0 Å². The second-order valence-corrected chi connectivity index (χ2v) is 7.40. The fourth-order valence-electron chi connectivity index (χ4n) is 3.14. The standard InChI is InChI=1S/C23H23N5O3S/c1-14-8-10-18(15(2)12-14)28-22(17(13-25-28)21(24)30)27-23(32)26-20(29)11-9-16-6-4-5-7-19(16)31-3/h4-13H,1-3H3,(H2,24,30)(H2,26,27,29,32). The van der Waals surface area contributed by atoms with Gasteiger partial charge in [0, 0.05) is 11.6 Å². The molecular weight excluding hydrogens is 426 g/mol. The molecule has 164 valence electrons. The lowest BCUT2D eigenvalue weighted by Gasteiger charge is -2.14. The van der Waals surface area contributed by atoms with E-state index in [0.29, 0.717) is 5.75 Å². The summed E-state index contributed by atoms with van der Waals surface area (Å²) in [6.07, 6.45) is 4.31. The lowest BCUT2D eigenvalue weighted by Crippen LogP contribution is -2.34. The number of nitrogens with two attached hydrogens (primary N) is 1. The second-order valence-electron chi connectivity index (χ2n) is 6.99. The van der Waals surface area contributed by atoms with E-state index in [-0.39, 0.29) is 16.5 Å². The molecule has 0 fully saturated rings. The van der Waals surface area contributed by atoms with Gasteiger partial charge in [0.25, 0.3) is 5.91 Å². The van der Waals surface area contributed by atoms with Crippen LogP contribution in [0.15, 0.2) is 54.7 Å². The zero-order chi connectivity index (χ0) is 23.3. The molecule has 8 nitrogen and oxygen atoms in total. The monoisotopic (exact) mass is 449 g/mol. The number of carbonyl (C=O) groups is 2. The summed E-state index contributed by atoms with van der Waals surface area (Å²) in [5, 5.41) is 9.70. The number of hydrogen-bond donors (Lipinski definition) is 3. The van der Waals surface area contributed by atoms with Gasteiger partial charge in [-0.25, -0.2) is 4.68 Å². The minimum Gasteiger partial charge on any atom is -0.496 e. The van der Waals surface area contributed by atoms with Crippen LogP contribution in [0, 0.1) is 13.8 Å². The number of nitrogens with one attached hydrogen (secondary N) is 2. The van der Waals surface area contributed by atoms with E-state index in [4.69, 9.17) is 22.7 Å². The number of aryl methyl sites for hydroxylation is 2. The molecule has 0 saturated heterocycles. The lowest BCUT2D eigenvalue weighted by atomic mass is 10.1. The number of benzene rings is 2. The minimum atomic E-state index is -0.672. The molecule has 0 aliphatic carbocycles. The number of hydrogen-bond acceptors (Lipinski definition) is 5. The summed E-state index contributed by atoms with van der Waals surface area (Å²) >= 11 is 5.27. The van der Waals surface area contributed by atoms with Crippen molar-refractivity contribution in [1.82, 2.24) is 15.1 Å². The van der Waals surface area contributed by atoms with Gasteiger partial charge in [0.1, 0.15) is 17.1 Å². The first kappa shape index (κ1) is 22.7. The number of aromatic nitrogens is 2. The van der Waals surface area contributed by atoms with Gasteiger partial charge in [0.05, 0.1) is 19.0 Å². The van der Waals surface area contributed by atoms with Gasteiger partial charge >= 0.3 is 0 Å². The molecule has 32 heavy (non-hydrogen) atoms. The van der Waals surface area contributed by atoms with Crippen LogP contribution in [0.5, 0.6) is 5.75 Å². The number of ether oxygens (including phenoxy) is 1. The summed E-state index contributed by atoms with van der Waals surface area (Å²) < 4.78 is 6.79. The molecule has 1 heterocycles. The minimum absolute atomic E-state index is 0.00584. The third kappa shape index (κ3) is 5.19. The first-order valence-electron chi connectivity index (χ1n) is 9.68. The van der Waals surface area contributed by atoms with Crippen molar-refractivity contribution in [3.8, 4) is 11.4 Å². The number of amides is 2. The van der Waals surface area contributed by atoms with Gasteiger partial charge in [0.2, 0.25) is 5.91 Å². The normalized spacial score (nSPS) is 10.7. The first-order chi connectivity index (χ1) is 15.3. The molecule has 0 saturated carbocycles. The molecule has 2 amide bonds. The Morgan fingerprint density at radius 1 is 1.19 bits per heavy atom. The van der Waals surface area contributed by atoms with Gasteiger partial charge in [-0.3, -0.25) is 14.9 Å². The molecule has 0 atom stereocenters. The van der Waals surface area contributed by atoms with E-state index in [0.717, 1.165) is 22.4 Å². The predicted molar refractivity (Wildman–Crippen MR) is 128 cm³/mol. The molecular formula is C23H23N5O3S. The maximum atomic E-state index is 12.3. The number of methoxy groups -OCH3 is 1. The number of rotatable bonds is 6. The highest BCUT2D eigenvalue weighted by Gasteiger charge is 2.19. The van der Waals surface area contributed by atoms with Crippen LogP contribution in [0.2, 0.25) is 0 Å². The molecule has 0 aliphatic rings. The van der Waals surface area contributed by atoms with Gasteiger partial charge < -0.3 is 15.8 Å². The topological polar surface area (TPSA) is 111 Å². The van der Waals surface area contributed by atoms with Crippen molar-refractivity contribution in [3.63, 3.8) is 0 Å². The quantitative estimate of drug-likeness (QED) is 0.394. The maximum Gasteiger partial charge on any atom is 0.254 e. The van der Waals surface area contributed by atoms with Crippen LogP contribution in [-0.4, -0.2) is 33.8 Å². The van der Waals surface area contributed by atoms with Crippen LogP contribution < -0.4 is 21.1 Å². The Bertz CT molecular complexity index is 1220. The van der Waals surface area contributed by atoms with E-state index in [1.165, 1.54) is 17.0 Å². The summed E-state index contributed by atoms with van der Waals surface area (Å²) in [5.41, 5.74) is 9.17. The zero-order valence-electron chi connectivity index (χ0n) is 17.9. The van der Waals surface area contributed by atoms with E-state index in [2.05, 4.69) is 15.7 Å². The number of para-hydroxylation sites is 1. The number of thiocarbonyl (C=S) groups is 1. The molecule has 1 aromatic heterocycles. The van der Waals surface area contributed by atoms with Crippen molar-refractivity contribution in [2.75, 3.05) is 12.4 Å². The smallest absolute Gasteiger partial charge is 0.254 e. The molecule has 3 rings (SSSR count). The second kappa shape index (κ2) is 9.88. The van der Waals surface area contributed by atoms with Crippen molar-refractivity contribution in [1.29, 1.82) is 0 Å². The van der Waals surface area contributed by atoms with Crippen LogP contribution in [0.3, 0.4) is 0 Å². The predicted octanol–water partition coefficient (Wildman–Crippen LogP) is 3.12. The molecule has 4 N–H and O–H groups in total. The fraction of sp³-hybridized carbons (Fsp3) is 0.130. The fourth-order valence-corrected chi connectivity index (χ4v) is 3.33. The molecule has 0 radical (unpaired) electrons. The van der Waals surface area contributed by atoms with Crippen LogP contribution in [0.1, 0.15) is 27.0 Å². The third-order valence-electron chi connectivity index (χ3n) is 4.64. The Kier molecular flexibility index (Phi) is 7.01. The summed E-state index contributed by atoms with van der Waals surface area (Å²) in [5.74, 6) is -0.218. The van der Waals surface area contributed by atoms with Gasteiger partial charge in [-0.1, -0.05) is 35.9 Å². The molecule has 0 spiro atoms. The van der Waals surface area contributed by atoms with E-state index in [1.807, 2.05) is 50.2 Å². The number of anilines is 1. The summed E-state index contributed by atoms with van der Waals surface area (Å²) in [4.78, 5) is 24.2. The molecule has 3 aromatic rings. The van der Waals surface area contributed by atoms with Crippen LogP contribution in [0.25, 0.3) is 11.8 Å². The van der Waals surface area contributed by atoms with E-state index in [9.17, 15) is 9.59 Å². The Morgan fingerprint density at radius 3 is 2.62 bits per heavy atom. The molecule has 0 aliphatic heterocycles. The highest BCUT2D eigenvalue weighted by Crippen LogP contribution is 2.23. The highest BCUT2D eigenvalue weighted by molar-refractivity contribution is 7.80. The third-order valence-corrected chi connectivity index (χ3v) is 4.84. The SMILES string of the molecule is COc1ccccc1C=CC(=O)NC(=S)Nc1c(C(N)=O)cnn1-c1ccc(C)cc1C. The average Bonchev–Trinajstić information content (AvgIpc) is 3.15. The Hall–Kier alpha value is -3.98. The van der Waals surface area contributed by atoms with E-state index in [1.54, 1.807) is 19.3 Å². The van der Waals surface area contributed by atoms with Crippen molar-refractivity contribution >= 4 is 41.0 Å². The first-order valence-corrected chi connectivity index (χ1v) is 10.1.